The molecule has 162 valence electrons. The quantitative estimate of drug-likeness (QED) is 0.432. The topological polar surface area (TPSA) is 73.2 Å². The van der Waals surface area contributed by atoms with Crippen LogP contribution in [0, 0.1) is 6.92 Å². The van der Waals surface area contributed by atoms with Gasteiger partial charge in [0, 0.05) is 17.2 Å². The van der Waals surface area contributed by atoms with E-state index in [4.69, 9.17) is 4.74 Å². The third-order valence-electron chi connectivity index (χ3n) is 5.27. The average Bonchev–Trinajstić information content (AvgIpc) is 2.80. The van der Waals surface area contributed by atoms with E-state index >= 15 is 0 Å². The zero-order valence-corrected chi connectivity index (χ0v) is 19.3. The van der Waals surface area contributed by atoms with Crippen LogP contribution < -0.4 is 15.6 Å². The highest BCUT2D eigenvalue weighted by molar-refractivity contribution is 9.10. The van der Waals surface area contributed by atoms with Crippen LogP contribution in [-0.2, 0) is 13.1 Å². The minimum atomic E-state index is -0.259. The summed E-state index contributed by atoms with van der Waals surface area (Å²) in [5.74, 6) is 0.503. The first-order chi connectivity index (χ1) is 15.4. The second-order valence-corrected chi connectivity index (χ2v) is 8.38. The van der Waals surface area contributed by atoms with E-state index in [1.807, 2.05) is 48.5 Å². The first-order valence-corrected chi connectivity index (χ1v) is 10.9. The lowest BCUT2D eigenvalue weighted by Crippen LogP contribution is -2.25. The number of benzene rings is 2. The third kappa shape index (κ3) is 4.73. The average molecular weight is 492 g/mol. The second-order valence-electron chi connectivity index (χ2n) is 7.46. The summed E-state index contributed by atoms with van der Waals surface area (Å²) < 4.78 is 7.78. The van der Waals surface area contributed by atoms with E-state index in [9.17, 15) is 9.59 Å². The summed E-state index contributed by atoms with van der Waals surface area (Å²) in [6, 6.07) is 18.7. The SMILES string of the molecule is COc1ccc(Cn2ccc3nc(C)c(C(=O)NCc4ccc(Br)cc4)cc3c2=O)cc1. The number of carbonyl (C=O) groups is 1. The molecule has 1 amide bonds. The highest BCUT2D eigenvalue weighted by Crippen LogP contribution is 2.16. The van der Waals surface area contributed by atoms with Crippen molar-refractivity contribution in [3.63, 3.8) is 0 Å². The molecule has 0 radical (unpaired) electrons. The van der Waals surface area contributed by atoms with E-state index in [1.54, 1.807) is 36.9 Å². The third-order valence-corrected chi connectivity index (χ3v) is 5.80. The molecule has 0 fully saturated rings. The van der Waals surface area contributed by atoms with E-state index in [2.05, 4.69) is 26.2 Å². The lowest BCUT2D eigenvalue weighted by Gasteiger charge is -2.11. The predicted octanol–water partition coefficient (Wildman–Crippen LogP) is 4.45. The number of halogens is 1. The Balaban J connectivity index is 1.60. The van der Waals surface area contributed by atoms with Gasteiger partial charge in [0.05, 0.1) is 35.8 Å². The molecule has 0 spiro atoms. The molecule has 0 aliphatic rings. The Morgan fingerprint density at radius 2 is 1.75 bits per heavy atom. The second kappa shape index (κ2) is 9.36. The number of pyridine rings is 2. The molecular weight excluding hydrogens is 470 g/mol. The summed E-state index contributed by atoms with van der Waals surface area (Å²) in [4.78, 5) is 30.4. The molecule has 0 aliphatic heterocycles. The van der Waals surface area contributed by atoms with Crippen LogP contribution in [0.25, 0.3) is 10.9 Å². The molecule has 0 saturated carbocycles. The van der Waals surface area contributed by atoms with Crippen LogP contribution in [0.2, 0.25) is 0 Å². The maximum Gasteiger partial charge on any atom is 0.260 e. The molecule has 0 aliphatic carbocycles. The van der Waals surface area contributed by atoms with Crippen LogP contribution >= 0.6 is 15.9 Å². The Hall–Kier alpha value is -3.45. The Bertz CT molecular complexity index is 1330. The number of amides is 1. The van der Waals surface area contributed by atoms with Crippen molar-refractivity contribution in [3.05, 3.63) is 104 Å². The van der Waals surface area contributed by atoms with Gasteiger partial charge in [-0.15, -0.1) is 0 Å². The van der Waals surface area contributed by atoms with Gasteiger partial charge in [-0.1, -0.05) is 40.2 Å². The van der Waals surface area contributed by atoms with Gasteiger partial charge in [0.15, 0.2) is 0 Å². The summed E-state index contributed by atoms with van der Waals surface area (Å²) in [5, 5.41) is 3.33. The first kappa shape index (κ1) is 21.8. The summed E-state index contributed by atoms with van der Waals surface area (Å²) in [7, 11) is 1.62. The fourth-order valence-electron chi connectivity index (χ4n) is 3.47. The van der Waals surface area contributed by atoms with Crippen LogP contribution in [-0.4, -0.2) is 22.6 Å². The van der Waals surface area contributed by atoms with Gasteiger partial charge in [-0.2, -0.15) is 0 Å². The van der Waals surface area contributed by atoms with Crippen LogP contribution in [0.3, 0.4) is 0 Å². The maximum absolute atomic E-state index is 13.1. The number of hydrogen-bond acceptors (Lipinski definition) is 4. The molecule has 2 aromatic carbocycles. The van der Waals surface area contributed by atoms with Crippen molar-refractivity contribution in [1.82, 2.24) is 14.9 Å². The molecular formula is C25H22BrN3O3. The minimum Gasteiger partial charge on any atom is -0.497 e. The number of ether oxygens (including phenoxy) is 1. The minimum absolute atomic E-state index is 0.187. The predicted molar refractivity (Wildman–Crippen MR) is 128 cm³/mol. The number of aryl methyl sites for hydroxylation is 1. The van der Waals surface area contributed by atoms with Crippen LogP contribution in [0.4, 0.5) is 0 Å². The lowest BCUT2D eigenvalue weighted by molar-refractivity contribution is 0.0950. The molecule has 0 saturated heterocycles. The molecule has 4 rings (SSSR count). The molecule has 7 heteroatoms. The van der Waals surface area contributed by atoms with Crippen LogP contribution in [0.1, 0.15) is 27.2 Å². The summed E-state index contributed by atoms with van der Waals surface area (Å²) in [6.45, 7) is 2.58. The molecule has 2 aromatic heterocycles. The van der Waals surface area contributed by atoms with Gasteiger partial charge < -0.3 is 14.6 Å². The molecule has 1 N–H and O–H groups in total. The first-order valence-electron chi connectivity index (χ1n) is 10.1. The van der Waals surface area contributed by atoms with Crippen molar-refractivity contribution < 1.29 is 9.53 Å². The number of methoxy groups -OCH3 is 1. The Labute approximate surface area is 194 Å². The molecule has 0 unspecified atom stereocenters. The summed E-state index contributed by atoms with van der Waals surface area (Å²) >= 11 is 3.40. The fraction of sp³-hybridized carbons (Fsp3) is 0.160. The molecule has 32 heavy (non-hydrogen) atoms. The largest absolute Gasteiger partial charge is 0.497 e. The Kier molecular flexibility index (Phi) is 6.37. The highest BCUT2D eigenvalue weighted by atomic mass is 79.9. The van der Waals surface area contributed by atoms with Crippen molar-refractivity contribution in [3.8, 4) is 5.75 Å². The standard InChI is InChI=1S/C25H22BrN3O3/c1-16-21(24(30)27-14-17-3-7-19(26)8-4-17)13-22-23(28-16)11-12-29(25(22)31)15-18-5-9-20(32-2)10-6-18/h3-13H,14-15H2,1-2H3,(H,27,30). The van der Waals surface area contributed by atoms with Gasteiger partial charge in [-0.25, -0.2) is 0 Å². The van der Waals surface area contributed by atoms with Crippen molar-refractivity contribution in [2.75, 3.05) is 7.11 Å². The fourth-order valence-corrected chi connectivity index (χ4v) is 3.73. The number of nitrogens with one attached hydrogen (secondary N) is 1. The number of hydrogen-bond donors (Lipinski definition) is 1. The maximum atomic E-state index is 13.1. The van der Waals surface area contributed by atoms with E-state index in [1.165, 1.54) is 0 Å². The smallest absolute Gasteiger partial charge is 0.260 e. The highest BCUT2D eigenvalue weighted by Gasteiger charge is 2.14. The molecule has 6 nitrogen and oxygen atoms in total. The van der Waals surface area contributed by atoms with Gasteiger partial charge >= 0.3 is 0 Å². The van der Waals surface area contributed by atoms with Crippen molar-refractivity contribution in [2.24, 2.45) is 0 Å². The van der Waals surface area contributed by atoms with Crippen molar-refractivity contribution in [1.29, 1.82) is 0 Å². The number of nitrogens with zero attached hydrogens (tertiary/aromatic N) is 2. The van der Waals surface area contributed by atoms with Crippen molar-refractivity contribution >= 4 is 32.7 Å². The number of carbonyl (C=O) groups excluding carboxylic acids is 1. The van der Waals surface area contributed by atoms with E-state index in [0.29, 0.717) is 35.2 Å². The summed E-state index contributed by atoms with van der Waals surface area (Å²) in [5.41, 5.74) is 3.32. The monoisotopic (exact) mass is 491 g/mol. The Morgan fingerprint density at radius 3 is 2.44 bits per heavy atom. The van der Waals surface area contributed by atoms with Gasteiger partial charge in [-0.3, -0.25) is 14.6 Å². The number of aromatic nitrogens is 2. The zero-order chi connectivity index (χ0) is 22.7. The lowest BCUT2D eigenvalue weighted by atomic mass is 10.1. The van der Waals surface area contributed by atoms with Crippen LogP contribution in [0.15, 0.2) is 76.1 Å². The van der Waals surface area contributed by atoms with Gasteiger partial charge in [0.25, 0.3) is 11.5 Å². The van der Waals surface area contributed by atoms with E-state index in [0.717, 1.165) is 21.3 Å². The van der Waals surface area contributed by atoms with E-state index < -0.39 is 0 Å². The summed E-state index contributed by atoms with van der Waals surface area (Å²) in [6.07, 6.45) is 1.73. The molecule has 2 heterocycles. The molecule has 0 atom stereocenters. The number of fused-ring (bicyclic) bond motifs is 1. The van der Waals surface area contributed by atoms with Crippen LogP contribution in [0.5, 0.6) is 5.75 Å². The van der Waals surface area contributed by atoms with Gasteiger partial charge in [0.1, 0.15) is 5.75 Å². The van der Waals surface area contributed by atoms with E-state index in [-0.39, 0.29) is 11.5 Å². The van der Waals surface area contributed by atoms with Gasteiger partial charge in [-0.05, 0) is 54.4 Å². The normalized spacial score (nSPS) is 10.8. The Morgan fingerprint density at radius 1 is 1.06 bits per heavy atom. The molecule has 4 aromatic rings. The number of rotatable bonds is 6. The zero-order valence-electron chi connectivity index (χ0n) is 17.8. The molecule has 0 bridgehead atoms. The van der Waals surface area contributed by atoms with Gasteiger partial charge in [0.2, 0.25) is 0 Å². The van der Waals surface area contributed by atoms with Crippen molar-refractivity contribution in [2.45, 2.75) is 20.0 Å².